The number of phenolic OH excluding ortho intramolecular Hbond substituents is 1. The number of carbonyl (C=O) groups excluding carboxylic acids is 2. The Bertz CT molecular complexity index is 1850. The van der Waals surface area contributed by atoms with Crippen LogP contribution in [0.1, 0.15) is 27.4 Å². The largest absolute Gasteiger partial charge is 0.506 e. The first-order valence-corrected chi connectivity index (χ1v) is 11.6. The maximum Gasteiger partial charge on any atom is 0.212 e. The Labute approximate surface area is 210 Å². The van der Waals surface area contributed by atoms with Crippen LogP contribution in [-0.4, -0.2) is 56.9 Å². The highest BCUT2D eigenvalue weighted by Crippen LogP contribution is 2.37. The number of H-pyrrole nitrogens is 2. The summed E-state index contributed by atoms with van der Waals surface area (Å²) in [5.41, 5.74) is 2.69. The van der Waals surface area contributed by atoms with Crippen LogP contribution in [-0.2, 0) is 4.74 Å². The lowest BCUT2D eigenvalue weighted by atomic mass is 10.0. The van der Waals surface area contributed by atoms with Crippen molar-refractivity contribution in [3.63, 3.8) is 0 Å². The van der Waals surface area contributed by atoms with E-state index in [9.17, 15) is 14.7 Å². The summed E-state index contributed by atoms with van der Waals surface area (Å²) in [7, 11) is 2.89. The second kappa shape index (κ2) is 8.72. The number of hydrogen-bond donors (Lipinski definition) is 3. The molecule has 3 N–H and O–H groups in total. The van der Waals surface area contributed by atoms with Gasteiger partial charge in [-0.1, -0.05) is 30.3 Å². The zero-order valence-electron chi connectivity index (χ0n) is 20.0. The zero-order valence-corrected chi connectivity index (χ0v) is 20.0. The molecule has 0 aliphatic rings. The van der Waals surface area contributed by atoms with Gasteiger partial charge in [-0.25, -0.2) is 4.98 Å². The summed E-state index contributed by atoms with van der Waals surface area (Å²) in [5.74, 6) is -0.331. The molecule has 4 heterocycles. The van der Waals surface area contributed by atoms with E-state index in [1.807, 2.05) is 36.4 Å². The Hall–Kier alpha value is -4.76. The van der Waals surface area contributed by atoms with Crippen LogP contribution in [0.5, 0.6) is 11.5 Å². The predicted octanol–water partition coefficient (Wildman–Crippen LogP) is 4.93. The lowest BCUT2D eigenvalue weighted by Gasteiger charge is -2.14. The van der Waals surface area contributed by atoms with Crippen LogP contribution in [0.3, 0.4) is 0 Å². The van der Waals surface area contributed by atoms with Crippen LogP contribution in [0.4, 0.5) is 0 Å². The number of hydrogen-bond acceptors (Lipinski definition) is 7. The number of rotatable bonds is 7. The second-order valence-corrected chi connectivity index (χ2v) is 8.72. The van der Waals surface area contributed by atoms with Gasteiger partial charge in [-0.05, 0) is 18.2 Å². The molecule has 1 atom stereocenters. The Morgan fingerprint density at radius 1 is 0.892 bits per heavy atom. The van der Waals surface area contributed by atoms with Crippen LogP contribution in [0.25, 0.3) is 43.6 Å². The Morgan fingerprint density at radius 3 is 2.51 bits per heavy atom. The van der Waals surface area contributed by atoms with Gasteiger partial charge in [-0.15, -0.1) is 0 Å². The smallest absolute Gasteiger partial charge is 0.212 e. The van der Waals surface area contributed by atoms with Crippen molar-refractivity contribution in [3.05, 3.63) is 72.3 Å². The SMILES string of the molecule is COc1cnc(C(=O)[C@H](CC(=O)c2nccc3c2[nH]c2ccccc23)OC)c2[nH]c3c(O)cccc3c12. The summed E-state index contributed by atoms with van der Waals surface area (Å²) in [4.78, 5) is 42.0. The van der Waals surface area contributed by atoms with Crippen LogP contribution < -0.4 is 4.74 Å². The van der Waals surface area contributed by atoms with Gasteiger partial charge in [0.2, 0.25) is 5.78 Å². The van der Waals surface area contributed by atoms with Crippen molar-refractivity contribution in [1.29, 1.82) is 0 Å². The number of aromatic amines is 2. The standard InChI is InChI=1S/C28H22N4O5/c1-36-20(12-19(34)25-24-15(10-11-29-25)14-6-3-4-8-17(14)31-24)28(35)27-26-22(21(37-2)13-30-27)16-7-5-9-18(33)23(16)32-26/h3-11,13,20,31-33H,12H2,1-2H3/t20-/m0/s1. The van der Waals surface area contributed by atoms with Gasteiger partial charge >= 0.3 is 0 Å². The molecule has 2 aromatic carbocycles. The van der Waals surface area contributed by atoms with Crippen molar-refractivity contribution in [2.75, 3.05) is 14.2 Å². The number of ketones is 2. The molecule has 0 spiro atoms. The van der Waals surface area contributed by atoms with Gasteiger partial charge in [0.05, 0.1) is 35.2 Å². The fourth-order valence-corrected chi connectivity index (χ4v) is 4.92. The quantitative estimate of drug-likeness (QED) is 0.268. The van der Waals surface area contributed by atoms with E-state index in [1.54, 1.807) is 18.3 Å². The van der Waals surface area contributed by atoms with Crippen LogP contribution in [0, 0.1) is 0 Å². The van der Waals surface area contributed by atoms with Gasteiger partial charge in [0.15, 0.2) is 5.78 Å². The Kier molecular flexibility index (Phi) is 5.35. The third-order valence-electron chi connectivity index (χ3n) is 6.70. The van der Waals surface area contributed by atoms with Crippen LogP contribution in [0.15, 0.2) is 60.9 Å². The van der Waals surface area contributed by atoms with Gasteiger partial charge in [-0.2, -0.15) is 0 Å². The van der Waals surface area contributed by atoms with Crippen molar-refractivity contribution in [2.24, 2.45) is 0 Å². The molecule has 184 valence electrons. The average molecular weight is 495 g/mol. The summed E-state index contributed by atoms with van der Waals surface area (Å²) in [5, 5.41) is 13.5. The Morgan fingerprint density at radius 2 is 1.70 bits per heavy atom. The average Bonchev–Trinajstić information content (AvgIpc) is 3.50. The van der Waals surface area contributed by atoms with E-state index >= 15 is 0 Å². The molecule has 0 saturated carbocycles. The number of nitrogens with zero attached hydrogens (tertiary/aromatic N) is 2. The molecule has 0 aliphatic heterocycles. The Balaban J connectivity index is 1.40. The van der Waals surface area contributed by atoms with E-state index in [4.69, 9.17) is 9.47 Å². The number of benzene rings is 2. The summed E-state index contributed by atoms with van der Waals surface area (Å²) >= 11 is 0. The monoisotopic (exact) mass is 494 g/mol. The molecule has 0 aliphatic carbocycles. The fraction of sp³-hybridized carbons (Fsp3) is 0.143. The number of Topliss-reactive ketones (excluding diaryl/α,β-unsaturated/α-hetero) is 2. The minimum Gasteiger partial charge on any atom is -0.506 e. The second-order valence-electron chi connectivity index (χ2n) is 8.72. The van der Waals surface area contributed by atoms with E-state index in [1.165, 1.54) is 20.4 Å². The molecule has 0 unspecified atom stereocenters. The summed E-state index contributed by atoms with van der Waals surface area (Å²) < 4.78 is 11.0. The third kappa shape index (κ3) is 3.51. The highest BCUT2D eigenvalue weighted by Gasteiger charge is 2.29. The van der Waals surface area contributed by atoms with Crippen LogP contribution >= 0.6 is 0 Å². The summed E-state index contributed by atoms with van der Waals surface area (Å²) in [6.45, 7) is 0. The molecule has 4 aromatic heterocycles. The topological polar surface area (TPSA) is 130 Å². The van der Waals surface area contributed by atoms with E-state index in [0.29, 0.717) is 33.1 Å². The molecule has 9 nitrogen and oxygen atoms in total. The first-order valence-electron chi connectivity index (χ1n) is 11.6. The van der Waals surface area contributed by atoms with E-state index in [0.717, 1.165) is 16.3 Å². The number of carbonyl (C=O) groups is 2. The molecular formula is C28H22N4O5. The van der Waals surface area contributed by atoms with Crippen molar-refractivity contribution in [1.82, 2.24) is 19.9 Å². The molecule has 9 heteroatoms. The molecule has 0 fully saturated rings. The normalized spacial score (nSPS) is 12.5. The maximum absolute atomic E-state index is 13.6. The molecule has 6 aromatic rings. The first kappa shape index (κ1) is 22.7. The lowest BCUT2D eigenvalue weighted by Crippen LogP contribution is -2.27. The lowest BCUT2D eigenvalue weighted by molar-refractivity contribution is 0.0541. The number of ether oxygens (including phenoxy) is 2. The third-order valence-corrected chi connectivity index (χ3v) is 6.70. The number of phenols is 1. The number of nitrogens with one attached hydrogen (secondary N) is 2. The number of aromatic nitrogens is 4. The molecule has 0 amide bonds. The van der Waals surface area contributed by atoms with Crippen molar-refractivity contribution < 1.29 is 24.2 Å². The van der Waals surface area contributed by atoms with Gasteiger partial charge in [-0.3, -0.25) is 14.6 Å². The number of methoxy groups -OCH3 is 2. The maximum atomic E-state index is 13.6. The molecule has 0 bridgehead atoms. The first-order chi connectivity index (χ1) is 18.0. The molecule has 0 saturated heterocycles. The van der Waals surface area contributed by atoms with E-state index in [-0.39, 0.29) is 29.3 Å². The highest BCUT2D eigenvalue weighted by molar-refractivity contribution is 6.19. The summed E-state index contributed by atoms with van der Waals surface area (Å²) in [6.07, 6.45) is 1.72. The number of aromatic hydroxyl groups is 1. The number of fused-ring (bicyclic) bond motifs is 6. The van der Waals surface area contributed by atoms with Crippen LogP contribution in [0.2, 0.25) is 0 Å². The van der Waals surface area contributed by atoms with Gasteiger partial charge in [0.25, 0.3) is 0 Å². The van der Waals surface area contributed by atoms with Crippen molar-refractivity contribution in [2.45, 2.75) is 12.5 Å². The predicted molar refractivity (Wildman–Crippen MR) is 139 cm³/mol. The molecule has 0 radical (unpaired) electrons. The molecular weight excluding hydrogens is 472 g/mol. The van der Waals surface area contributed by atoms with Crippen molar-refractivity contribution >= 4 is 55.2 Å². The number of pyridine rings is 2. The molecule has 6 rings (SSSR count). The molecule has 37 heavy (non-hydrogen) atoms. The minimum absolute atomic E-state index is 0.0325. The van der Waals surface area contributed by atoms with E-state index < -0.39 is 11.9 Å². The van der Waals surface area contributed by atoms with Gasteiger partial charge in [0, 0.05) is 41.4 Å². The zero-order chi connectivity index (χ0) is 25.7. The fourth-order valence-electron chi connectivity index (χ4n) is 4.92. The van der Waals surface area contributed by atoms with Gasteiger partial charge in [0.1, 0.15) is 29.0 Å². The number of para-hydroxylation sites is 2. The van der Waals surface area contributed by atoms with Crippen molar-refractivity contribution in [3.8, 4) is 11.5 Å². The summed E-state index contributed by atoms with van der Waals surface area (Å²) in [6, 6.07) is 14.7. The highest BCUT2D eigenvalue weighted by atomic mass is 16.5. The van der Waals surface area contributed by atoms with E-state index in [2.05, 4.69) is 19.9 Å². The minimum atomic E-state index is -1.10. The van der Waals surface area contributed by atoms with Gasteiger partial charge < -0.3 is 24.5 Å².